The molecule has 78 valence electrons. The molecule has 3 rings (SSSR count). The Hall–Kier alpha value is -1.49. The lowest BCUT2D eigenvalue weighted by atomic mass is 10.1. The predicted molar refractivity (Wildman–Crippen MR) is 55.2 cm³/mol. The molecule has 0 amide bonds. The number of fused-ring (bicyclic) bond motifs is 1. The number of hydrogen-bond acceptors (Lipinski definition) is 4. The summed E-state index contributed by atoms with van der Waals surface area (Å²) >= 11 is 0. The molecule has 2 heterocycles. The Kier molecular flexibility index (Phi) is 1.92. The Bertz CT molecular complexity index is 473. The van der Waals surface area contributed by atoms with Gasteiger partial charge in [0.25, 0.3) is 0 Å². The van der Waals surface area contributed by atoms with E-state index in [-0.39, 0.29) is 6.04 Å². The summed E-state index contributed by atoms with van der Waals surface area (Å²) in [4.78, 5) is 0. The van der Waals surface area contributed by atoms with Gasteiger partial charge in [0.15, 0.2) is 11.5 Å². The fourth-order valence-electron chi connectivity index (χ4n) is 1.82. The van der Waals surface area contributed by atoms with Gasteiger partial charge >= 0.3 is 0 Å². The van der Waals surface area contributed by atoms with E-state index < -0.39 is 0 Å². The zero-order valence-corrected chi connectivity index (χ0v) is 8.37. The zero-order chi connectivity index (χ0) is 10.3. The maximum absolute atomic E-state index is 6.05. The average Bonchev–Trinajstić information content (AvgIpc) is 3.03. The van der Waals surface area contributed by atoms with Crippen LogP contribution in [0.25, 0.3) is 5.65 Å². The second kappa shape index (κ2) is 3.27. The summed E-state index contributed by atoms with van der Waals surface area (Å²) in [5.41, 5.74) is 6.84. The first-order valence-corrected chi connectivity index (χ1v) is 5.25. The van der Waals surface area contributed by atoms with Crippen LogP contribution in [-0.4, -0.2) is 25.9 Å². The van der Waals surface area contributed by atoms with Crippen LogP contribution in [0.1, 0.15) is 18.7 Å². The standard InChI is InChI=1S/C10H13N5/c11-8(7-3-4-7)6-10-14-13-9-2-1-5-12-15(9)10/h1-2,5,7-8H,3-4,6,11H2. The molecule has 1 aliphatic carbocycles. The Morgan fingerprint density at radius 2 is 2.33 bits per heavy atom. The largest absolute Gasteiger partial charge is 0.327 e. The van der Waals surface area contributed by atoms with Gasteiger partial charge in [-0.25, -0.2) is 0 Å². The van der Waals surface area contributed by atoms with Crippen LogP contribution in [0, 0.1) is 5.92 Å². The summed E-state index contributed by atoms with van der Waals surface area (Å²) in [5, 5.41) is 12.4. The average molecular weight is 203 g/mol. The van der Waals surface area contributed by atoms with Gasteiger partial charge in [-0.05, 0) is 30.9 Å². The first-order valence-electron chi connectivity index (χ1n) is 5.25. The topological polar surface area (TPSA) is 69.1 Å². The molecule has 1 fully saturated rings. The van der Waals surface area contributed by atoms with Crippen molar-refractivity contribution in [3.8, 4) is 0 Å². The van der Waals surface area contributed by atoms with Crippen LogP contribution >= 0.6 is 0 Å². The van der Waals surface area contributed by atoms with E-state index in [9.17, 15) is 0 Å². The molecule has 1 unspecified atom stereocenters. The van der Waals surface area contributed by atoms with Crippen molar-refractivity contribution in [2.45, 2.75) is 25.3 Å². The summed E-state index contributed by atoms with van der Waals surface area (Å²) in [5.74, 6) is 1.55. The molecular weight excluding hydrogens is 190 g/mol. The lowest BCUT2D eigenvalue weighted by Crippen LogP contribution is -2.26. The molecule has 15 heavy (non-hydrogen) atoms. The van der Waals surface area contributed by atoms with Gasteiger partial charge in [-0.15, -0.1) is 10.2 Å². The number of rotatable bonds is 3. The van der Waals surface area contributed by atoms with Crippen molar-refractivity contribution in [2.24, 2.45) is 11.7 Å². The summed E-state index contributed by atoms with van der Waals surface area (Å²) in [7, 11) is 0. The van der Waals surface area contributed by atoms with E-state index in [2.05, 4.69) is 15.3 Å². The van der Waals surface area contributed by atoms with Crippen molar-refractivity contribution in [1.29, 1.82) is 0 Å². The third-order valence-corrected chi connectivity index (χ3v) is 2.89. The molecule has 1 saturated carbocycles. The van der Waals surface area contributed by atoms with Crippen LogP contribution in [-0.2, 0) is 6.42 Å². The first-order chi connectivity index (χ1) is 7.34. The molecule has 1 aliphatic rings. The summed E-state index contributed by atoms with van der Waals surface area (Å²) in [6.45, 7) is 0. The van der Waals surface area contributed by atoms with E-state index in [4.69, 9.17) is 5.73 Å². The van der Waals surface area contributed by atoms with E-state index in [1.165, 1.54) is 12.8 Å². The number of nitrogens with two attached hydrogens (primary N) is 1. The van der Waals surface area contributed by atoms with Crippen molar-refractivity contribution in [3.63, 3.8) is 0 Å². The van der Waals surface area contributed by atoms with Crippen molar-refractivity contribution in [3.05, 3.63) is 24.2 Å². The van der Waals surface area contributed by atoms with Gasteiger partial charge < -0.3 is 5.73 Å². The second-order valence-electron chi connectivity index (χ2n) is 4.12. The number of nitrogens with zero attached hydrogens (tertiary/aromatic N) is 4. The number of hydrogen-bond donors (Lipinski definition) is 1. The predicted octanol–water partition coefficient (Wildman–Crippen LogP) is 0.404. The Balaban J connectivity index is 1.90. The molecule has 2 N–H and O–H groups in total. The van der Waals surface area contributed by atoms with Gasteiger partial charge in [0.2, 0.25) is 0 Å². The van der Waals surface area contributed by atoms with Gasteiger partial charge in [0, 0.05) is 18.7 Å². The normalized spacial score (nSPS) is 18.2. The highest BCUT2D eigenvalue weighted by Gasteiger charge is 2.29. The molecule has 0 aliphatic heterocycles. The van der Waals surface area contributed by atoms with Crippen molar-refractivity contribution < 1.29 is 0 Å². The molecule has 0 spiro atoms. The third-order valence-electron chi connectivity index (χ3n) is 2.89. The zero-order valence-electron chi connectivity index (χ0n) is 8.37. The van der Waals surface area contributed by atoms with E-state index >= 15 is 0 Å². The summed E-state index contributed by atoms with van der Waals surface area (Å²) in [6, 6.07) is 3.96. The van der Waals surface area contributed by atoms with Gasteiger partial charge in [0.1, 0.15) is 0 Å². The highest BCUT2D eigenvalue weighted by atomic mass is 15.4. The Labute approximate surface area is 87.3 Å². The minimum absolute atomic E-state index is 0.208. The highest BCUT2D eigenvalue weighted by Crippen LogP contribution is 2.32. The molecule has 0 saturated heterocycles. The molecule has 5 nitrogen and oxygen atoms in total. The van der Waals surface area contributed by atoms with Crippen molar-refractivity contribution in [2.75, 3.05) is 0 Å². The third kappa shape index (κ3) is 1.59. The molecule has 2 aromatic rings. The Morgan fingerprint density at radius 1 is 1.47 bits per heavy atom. The molecule has 0 aromatic carbocycles. The van der Waals surface area contributed by atoms with E-state index in [1.807, 2.05) is 12.1 Å². The minimum Gasteiger partial charge on any atom is -0.327 e. The van der Waals surface area contributed by atoms with E-state index in [1.54, 1.807) is 10.7 Å². The molecule has 0 bridgehead atoms. The van der Waals surface area contributed by atoms with Crippen LogP contribution in [0.5, 0.6) is 0 Å². The van der Waals surface area contributed by atoms with Crippen LogP contribution in [0.3, 0.4) is 0 Å². The smallest absolute Gasteiger partial charge is 0.177 e. The van der Waals surface area contributed by atoms with Crippen LogP contribution in [0.2, 0.25) is 0 Å². The number of aromatic nitrogens is 4. The quantitative estimate of drug-likeness (QED) is 0.784. The molecule has 1 atom stereocenters. The monoisotopic (exact) mass is 203 g/mol. The summed E-state index contributed by atoms with van der Waals surface area (Å²) in [6.07, 6.45) is 5.02. The fraction of sp³-hybridized carbons (Fsp3) is 0.500. The van der Waals surface area contributed by atoms with E-state index in [0.717, 1.165) is 17.9 Å². The fourth-order valence-corrected chi connectivity index (χ4v) is 1.82. The maximum Gasteiger partial charge on any atom is 0.177 e. The van der Waals surface area contributed by atoms with Crippen LogP contribution < -0.4 is 5.73 Å². The van der Waals surface area contributed by atoms with Gasteiger partial charge in [-0.1, -0.05) is 0 Å². The lowest BCUT2D eigenvalue weighted by molar-refractivity contribution is 0.566. The van der Waals surface area contributed by atoms with Crippen molar-refractivity contribution in [1.82, 2.24) is 19.8 Å². The summed E-state index contributed by atoms with van der Waals surface area (Å²) < 4.78 is 1.77. The molecule has 2 aromatic heterocycles. The second-order valence-corrected chi connectivity index (χ2v) is 4.12. The first kappa shape index (κ1) is 8.79. The van der Waals surface area contributed by atoms with Crippen molar-refractivity contribution >= 4 is 5.65 Å². The van der Waals surface area contributed by atoms with Gasteiger partial charge in [0.05, 0.1) is 0 Å². The molecular formula is C10H13N5. The minimum atomic E-state index is 0.208. The molecule has 0 radical (unpaired) electrons. The van der Waals surface area contributed by atoms with Crippen LogP contribution in [0.4, 0.5) is 0 Å². The van der Waals surface area contributed by atoms with Gasteiger partial charge in [-0.3, -0.25) is 0 Å². The SMILES string of the molecule is NC(Cc1nnc2cccnn12)C1CC1. The lowest BCUT2D eigenvalue weighted by Gasteiger charge is -2.07. The highest BCUT2D eigenvalue weighted by molar-refractivity contribution is 5.34. The Morgan fingerprint density at radius 3 is 3.13 bits per heavy atom. The van der Waals surface area contributed by atoms with Gasteiger partial charge in [-0.2, -0.15) is 9.61 Å². The van der Waals surface area contributed by atoms with Crippen LogP contribution in [0.15, 0.2) is 18.3 Å². The molecule has 5 heteroatoms. The maximum atomic E-state index is 6.05. The van der Waals surface area contributed by atoms with E-state index in [0.29, 0.717) is 5.92 Å².